The first-order chi connectivity index (χ1) is 16.8. The minimum atomic E-state index is -0.980. The van der Waals surface area contributed by atoms with Crippen LogP contribution in [-0.2, 0) is 22.7 Å². The smallest absolute Gasteiger partial charge is 0.332 e. The number of rotatable bonds is 9. The van der Waals surface area contributed by atoms with Crippen LogP contribution < -0.4 is 0 Å². The van der Waals surface area contributed by atoms with Gasteiger partial charge in [0.25, 0.3) is 0 Å². The lowest BCUT2D eigenvalue weighted by molar-refractivity contribution is -0.149. The molecule has 7 nitrogen and oxygen atoms in total. The fraction of sp³-hybridized carbons (Fsp3) is 0.214. The highest BCUT2D eigenvalue weighted by atomic mass is 16.5. The van der Waals surface area contributed by atoms with E-state index in [0.29, 0.717) is 17.7 Å². The van der Waals surface area contributed by atoms with Crippen LogP contribution in [0, 0.1) is 13.8 Å². The molecule has 0 aliphatic rings. The third-order valence-corrected chi connectivity index (χ3v) is 6.00. The Kier molecular flexibility index (Phi) is 7.17. The lowest BCUT2D eigenvalue weighted by Gasteiger charge is -2.08. The second kappa shape index (κ2) is 10.4. The van der Waals surface area contributed by atoms with Crippen molar-refractivity contribution in [3.63, 3.8) is 0 Å². The first kappa shape index (κ1) is 24.0. The Morgan fingerprint density at radius 1 is 1.03 bits per heavy atom. The summed E-state index contributed by atoms with van der Waals surface area (Å²) in [6.07, 6.45) is 6.53. The number of nitrogens with zero attached hydrogens (tertiary/aromatic N) is 3. The molecular weight excluding hydrogens is 442 g/mol. The molecule has 0 spiro atoms. The van der Waals surface area contributed by atoms with Crippen molar-refractivity contribution in [1.82, 2.24) is 14.8 Å². The predicted octanol–water partition coefficient (Wildman–Crippen LogP) is 4.98. The number of carboxylic acids is 1. The Labute approximate surface area is 203 Å². The molecule has 178 valence electrons. The molecule has 7 heteroatoms. The maximum Gasteiger partial charge on any atom is 0.332 e. The number of hydrogen-bond donors (Lipinski definition) is 1. The Morgan fingerprint density at radius 2 is 1.71 bits per heavy atom. The third-order valence-electron chi connectivity index (χ3n) is 6.00. The van der Waals surface area contributed by atoms with Gasteiger partial charge in [0.15, 0.2) is 11.9 Å². The normalized spacial score (nSPS) is 12.3. The SMILES string of the molecule is Cc1ccc(C(=O)c2c(C)n(CC=Cc3ccc(CO[C@@H](C)C(=O)O)cc3)c3cnncc23)cc1. The Hall–Kier alpha value is -4.10. The number of carbonyl (C=O) groups is 2. The van der Waals surface area contributed by atoms with E-state index >= 15 is 0 Å². The number of ether oxygens (including phenoxy) is 1. The number of carboxylic acid groups (broad SMARTS) is 1. The first-order valence-electron chi connectivity index (χ1n) is 11.4. The molecule has 0 fully saturated rings. The Morgan fingerprint density at radius 3 is 2.40 bits per heavy atom. The number of aliphatic carboxylic acids is 1. The molecule has 0 unspecified atom stereocenters. The van der Waals surface area contributed by atoms with Crippen LogP contribution in [0.5, 0.6) is 0 Å². The largest absolute Gasteiger partial charge is 0.479 e. The molecule has 0 radical (unpaired) electrons. The summed E-state index contributed by atoms with van der Waals surface area (Å²) < 4.78 is 7.39. The summed E-state index contributed by atoms with van der Waals surface area (Å²) in [7, 11) is 0. The quantitative estimate of drug-likeness (QED) is 0.347. The van der Waals surface area contributed by atoms with E-state index in [-0.39, 0.29) is 12.4 Å². The molecule has 0 saturated carbocycles. The lowest BCUT2D eigenvalue weighted by atomic mass is 10.0. The number of carbonyl (C=O) groups excluding carboxylic acids is 1. The molecule has 1 atom stereocenters. The van der Waals surface area contributed by atoms with Crippen LogP contribution in [0.15, 0.2) is 67.0 Å². The van der Waals surface area contributed by atoms with Crippen molar-refractivity contribution >= 4 is 28.7 Å². The zero-order chi connectivity index (χ0) is 24.9. The summed E-state index contributed by atoms with van der Waals surface area (Å²) in [5.74, 6) is -1.01. The summed E-state index contributed by atoms with van der Waals surface area (Å²) in [5, 5.41) is 17.8. The van der Waals surface area contributed by atoms with Gasteiger partial charge in [0, 0.05) is 23.2 Å². The number of benzene rings is 2. The van der Waals surface area contributed by atoms with Crippen LogP contribution in [0.4, 0.5) is 0 Å². The van der Waals surface area contributed by atoms with E-state index in [0.717, 1.165) is 33.3 Å². The van der Waals surface area contributed by atoms with E-state index in [1.165, 1.54) is 6.92 Å². The van der Waals surface area contributed by atoms with Gasteiger partial charge in [-0.2, -0.15) is 10.2 Å². The van der Waals surface area contributed by atoms with Gasteiger partial charge in [-0.3, -0.25) is 4.79 Å². The molecule has 1 N–H and O–H groups in total. The second-order valence-corrected chi connectivity index (χ2v) is 8.49. The molecule has 4 rings (SSSR count). The number of aryl methyl sites for hydroxylation is 1. The predicted molar refractivity (Wildman–Crippen MR) is 134 cm³/mol. The summed E-state index contributed by atoms with van der Waals surface area (Å²) in [6, 6.07) is 15.3. The van der Waals surface area contributed by atoms with Crippen LogP contribution in [-0.4, -0.2) is 37.7 Å². The van der Waals surface area contributed by atoms with Gasteiger partial charge < -0.3 is 14.4 Å². The number of allylic oxidation sites excluding steroid dienone is 1. The van der Waals surface area contributed by atoms with Crippen molar-refractivity contribution in [3.8, 4) is 0 Å². The van der Waals surface area contributed by atoms with Crippen LogP contribution in [0.25, 0.3) is 17.0 Å². The highest BCUT2D eigenvalue weighted by molar-refractivity contribution is 6.17. The molecule has 0 bridgehead atoms. The van der Waals surface area contributed by atoms with Crippen molar-refractivity contribution in [2.75, 3.05) is 0 Å². The van der Waals surface area contributed by atoms with Crippen LogP contribution in [0.3, 0.4) is 0 Å². The van der Waals surface area contributed by atoms with E-state index < -0.39 is 12.1 Å². The van der Waals surface area contributed by atoms with E-state index in [1.54, 1.807) is 12.4 Å². The zero-order valence-corrected chi connectivity index (χ0v) is 19.9. The molecule has 0 aliphatic heterocycles. The molecular formula is C28H27N3O4. The standard InChI is InChI=1S/C28H27N3O4/c1-18-6-12-23(13-7-18)27(32)26-19(2)31(25-16-30-29-15-24(25)26)14-4-5-21-8-10-22(11-9-21)17-35-20(3)28(33)34/h4-13,15-16,20H,14,17H2,1-3H3,(H,33,34)/t20-/m0/s1. The topological polar surface area (TPSA) is 94.3 Å². The zero-order valence-electron chi connectivity index (χ0n) is 19.9. The molecule has 0 aliphatic carbocycles. The first-order valence-corrected chi connectivity index (χ1v) is 11.4. The summed E-state index contributed by atoms with van der Waals surface area (Å²) >= 11 is 0. The fourth-order valence-corrected chi connectivity index (χ4v) is 3.92. The maximum absolute atomic E-state index is 13.3. The van der Waals surface area contributed by atoms with Crippen molar-refractivity contribution in [2.24, 2.45) is 0 Å². The fourth-order valence-electron chi connectivity index (χ4n) is 3.92. The van der Waals surface area contributed by atoms with Crippen LogP contribution in [0.1, 0.15) is 45.2 Å². The average molecular weight is 470 g/mol. The number of fused-ring (bicyclic) bond motifs is 1. The van der Waals surface area contributed by atoms with Gasteiger partial charge in [0.05, 0.1) is 30.1 Å². The summed E-state index contributed by atoms with van der Waals surface area (Å²) in [5.41, 5.74) is 6.03. The van der Waals surface area contributed by atoms with Gasteiger partial charge in [-0.1, -0.05) is 66.2 Å². The van der Waals surface area contributed by atoms with Crippen molar-refractivity contribution in [2.45, 2.75) is 40.0 Å². The molecule has 2 aromatic heterocycles. The minimum Gasteiger partial charge on any atom is -0.479 e. The molecule has 0 saturated heterocycles. The van der Waals surface area contributed by atoms with Crippen LogP contribution >= 0.6 is 0 Å². The highest BCUT2D eigenvalue weighted by Gasteiger charge is 2.21. The van der Waals surface area contributed by atoms with Gasteiger partial charge in [-0.05, 0) is 31.9 Å². The lowest BCUT2D eigenvalue weighted by Crippen LogP contribution is -2.19. The monoisotopic (exact) mass is 469 g/mol. The Bertz CT molecular complexity index is 1390. The van der Waals surface area contributed by atoms with E-state index in [2.05, 4.69) is 14.8 Å². The third kappa shape index (κ3) is 5.36. The van der Waals surface area contributed by atoms with E-state index in [1.807, 2.05) is 74.5 Å². The molecule has 2 aromatic carbocycles. The number of aromatic nitrogens is 3. The van der Waals surface area contributed by atoms with Gasteiger partial charge >= 0.3 is 5.97 Å². The summed E-state index contributed by atoms with van der Waals surface area (Å²) in [6.45, 7) is 6.26. The summed E-state index contributed by atoms with van der Waals surface area (Å²) in [4.78, 5) is 24.2. The van der Waals surface area contributed by atoms with Gasteiger partial charge in [0.1, 0.15) is 0 Å². The highest BCUT2D eigenvalue weighted by Crippen LogP contribution is 2.27. The molecule has 0 amide bonds. The van der Waals surface area contributed by atoms with Gasteiger partial charge in [0.2, 0.25) is 0 Å². The van der Waals surface area contributed by atoms with Crippen molar-refractivity contribution < 1.29 is 19.4 Å². The molecule has 35 heavy (non-hydrogen) atoms. The average Bonchev–Trinajstić information content (AvgIpc) is 3.14. The minimum absolute atomic E-state index is 0.0294. The van der Waals surface area contributed by atoms with Crippen LogP contribution in [0.2, 0.25) is 0 Å². The van der Waals surface area contributed by atoms with Crippen molar-refractivity contribution in [1.29, 1.82) is 0 Å². The molecule has 2 heterocycles. The number of ketones is 1. The van der Waals surface area contributed by atoms with Gasteiger partial charge in [-0.25, -0.2) is 4.79 Å². The maximum atomic E-state index is 13.3. The second-order valence-electron chi connectivity index (χ2n) is 8.49. The van der Waals surface area contributed by atoms with Crippen molar-refractivity contribution in [3.05, 3.63) is 101 Å². The van der Waals surface area contributed by atoms with E-state index in [9.17, 15) is 9.59 Å². The Balaban J connectivity index is 1.53. The number of hydrogen-bond acceptors (Lipinski definition) is 5. The van der Waals surface area contributed by atoms with E-state index in [4.69, 9.17) is 9.84 Å². The van der Waals surface area contributed by atoms with Gasteiger partial charge in [-0.15, -0.1) is 0 Å². The molecule has 4 aromatic rings.